The minimum absolute atomic E-state index is 0.209. The van der Waals surface area contributed by atoms with Crippen LogP contribution in [-0.2, 0) is 9.59 Å². The van der Waals surface area contributed by atoms with Crippen molar-refractivity contribution in [1.82, 2.24) is 5.32 Å². The van der Waals surface area contributed by atoms with Crippen molar-refractivity contribution in [2.75, 3.05) is 12.3 Å². The van der Waals surface area contributed by atoms with Crippen molar-refractivity contribution in [2.45, 2.75) is 32.1 Å². The van der Waals surface area contributed by atoms with E-state index in [-0.39, 0.29) is 17.7 Å². The van der Waals surface area contributed by atoms with Crippen molar-refractivity contribution in [1.29, 1.82) is 0 Å². The van der Waals surface area contributed by atoms with Crippen LogP contribution in [0.1, 0.15) is 37.7 Å². The fourth-order valence-corrected chi connectivity index (χ4v) is 2.12. The number of hydrogen-bond donors (Lipinski definition) is 2. The Morgan fingerprint density at radius 2 is 2.21 bits per heavy atom. The van der Waals surface area contributed by atoms with Crippen molar-refractivity contribution in [3.63, 3.8) is 0 Å². The summed E-state index contributed by atoms with van der Waals surface area (Å²) in [6, 6.07) is 5.35. The topological polar surface area (TPSA) is 81.4 Å². The molecule has 0 saturated carbocycles. The van der Waals surface area contributed by atoms with Gasteiger partial charge in [-0.1, -0.05) is 13.0 Å². The fourth-order valence-electron chi connectivity index (χ4n) is 2.12. The molecule has 0 aromatic heterocycles. The van der Waals surface area contributed by atoms with Crippen LogP contribution in [0.25, 0.3) is 0 Å². The second-order valence-electron chi connectivity index (χ2n) is 4.65. The van der Waals surface area contributed by atoms with E-state index in [0.717, 1.165) is 12.0 Å². The minimum Gasteiger partial charge on any atom is -0.491 e. The lowest BCUT2D eigenvalue weighted by molar-refractivity contribution is -0.134. The lowest BCUT2D eigenvalue weighted by Crippen LogP contribution is -2.39. The number of amides is 2. The van der Waals surface area contributed by atoms with Crippen LogP contribution in [0.2, 0.25) is 0 Å². The van der Waals surface area contributed by atoms with E-state index in [2.05, 4.69) is 5.32 Å². The molecule has 5 nitrogen and oxygen atoms in total. The van der Waals surface area contributed by atoms with E-state index in [1.807, 2.05) is 13.0 Å². The van der Waals surface area contributed by atoms with Crippen LogP contribution in [0.3, 0.4) is 0 Å². The number of anilines is 1. The number of piperidine rings is 1. The van der Waals surface area contributed by atoms with Gasteiger partial charge in [-0.05, 0) is 30.5 Å². The van der Waals surface area contributed by atoms with Crippen LogP contribution in [0, 0.1) is 0 Å². The maximum atomic E-state index is 11.8. The molecule has 1 atom stereocenters. The van der Waals surface area contributed by atoms with Crippen molar-refractivity contribution in [3.05, 3.63) is 23.8 Å². The Balaban J connectivity index is 2.20. The predicted octanol–water partition coefficient (Wildman–Crippen LogP) is 1.58. The van der Waals surface area contributed by atoms with Crippen LogP contribution < -0.4 is 15.8 Å². The highest BCUT2D eigenvalue weighted by atomic mass is 16.5. The SMILES string of the molecule is CCCOc1cc(C2CCC(=O)NC2=O)ccc1N. The van der Waals surface area contributed by atoms with Gasteiger partial charge in [-0.2, -0.15) is 0 Å². The van der Waals surface area contributed by atoms with Gasteiger partial charge in [0.25, 0.3) is 0 Å². The van der Waals surface area contributed by atoms with Crippen LogP contribution in [0.4, 0.5) is 5.69 Å². The zero-order valence-electron chi connectivity index (χ0n) is 10.9. The first-order valence-corrected chi connectivity index (χ1v) is 6.47. The molecule has 19 heavy (non-hydrogen) atoms. The van der Waals surface area contributed by atoms with Gasteiger partial charge in [0.2, 0.25) is 11.8 Å². The lowest BCUT2D eigenvalue weighted by atomic mass is 9.90. The van der Waals surface area contributed by atoms with Crippen molar-refractivity contribution < 1.29 is 14.3 Å². The number of imide groups is 1. The third-order valence-electron chi connectivity index (χ3n) is 3.14. The molecule has 3 N–H and O–H groups in total. The number of nitrogen functional groups attached to an aromatic ring is 1. The van der Waals surface area contributed by atoms with Crippen LogP contribution in [0.5, 0.6) is 5.75 Å². The maximum Gasteiger partial charge on any atom is 0.234 e. The summed E-state index contributed by atoms with van der Waals surface area (Å²) < 4.78 is 5.55. The van der Waals surface area contributed by atoms with Crippen molar-refractivity contribution in [3.8, 4) is 5.75 Å². The van der Waals surface area contributed by atoms with E-state index in [9.17, 15) is 9.59 Å². The normalized spacial score (nSPS) is 19.1. The first-order chi connectivity index (χ1) is 9.11. The molecular weight excluding hydrogens is 244 g/mol. The molecule has 2 amide bonds. The molecule has 0 spiro atoms. The van der Waals surface area contributed by atoms with Gasteiger partial charge < -0.3 is 10.5 Å². The molecule has 2 rings (SSSR count). The van der Waals surface area contributed by atoms with Gasteiger partial charge in [0, 0.05) is 6.42 Å². The number of hydrogen-bond acceptors (Lipinski definition) is 4. The van der Waals surface area contributed by atoms with Crippen molar-refractivity contribution >= 4 is 17.5 Å². The molecule has 1 heterocycles. The first kappa shape index (κ1) is 13.4. The van der Waals surface area contributed by atoms with Gasteiger partial charge in [-0.15, -0.1) is 0 Å². The Morgan fingerprint density at radius 1 is 1.42 bits per heavy atom. The smallest absolute Gasteiger partial charge is 0.234 e. The Kier molecular flexibility index (Phi) is 4.04. The number of carbonyl (C=O) groups is 2. The highest BCUT2D eigenvalue weighted by Gasteiger charge is 2.28. The van der Waals surface area contributed by atoms with Gasteiger partial charge in [-0.3, -0.25) is 14.9 Å². The van der Waals surface area contributed by atoms with Crippen LogP contribution in [0.15, 0.2) is 18.2 Å². The molecule has 1 fully saturated rings. The summed E-state index contributed by atoms with van der Waals surface area (Å²) in [4.78, 5) is 22.9. The summed E-state index contributed by atoms with van der Waals surface area (Å²) in [6.07, 6.45) is 1.79. The summed E-state index contributed by atoms with van der Waals surface area (Å²) >= 11 is 0. The fraction of sp³-hybridized carbons (Fsp3) is 0.429. The Morgan fingerprint density at radius 3 is 2.89 bits per heavy atom. The lowest BCUT2D eigenvalue weighted by Gasteiger charge is -2.22. The zero-order valence-corrected chi connectivity index (χ0v) is 10.9. The Bertz CT molecular complexity index is 499. The quantitative estimate of drug-likeness (QED) is 0.637. The summed E-state index contributed by atoms with van der Waals surface area (Å²) in [5, 5.41) is 2.36. The third-order valence-corrected chi connectivity index (χ3v) is 3.14. The van der Waals surface area contributed by atoms with Gasteiger partial charge in [-0.25, -0.2) is 0 Å². The molecule has 102 valence electrons. The molecule has 0 bridgehead atoms. The highest BCUT2D eigenvalue weighted by Crippen LogP contribution is 2.30. The highest BCUT2D eigenvalue weighted by molar-refractivity contribution is 6.01. The Labute approximate surface area is 112 Å². The van der Waals surface area contributed by atoms with E-state index in [4.69, 9.17) is 10.5 Å². The first-order valence-electron chi connectivity index (χ1n) is 6.47. The van der Waals surface area contributed by atoms with E-state index >= 15 is 0 Å². The van der Waals surface area contributed by atoms with E-state index < -0.39 is 0 Å². The second-order valence-corrected chi connectivity index (χ2v) is 4.65. The third kappa shape index (κ3) is 3.05. The standard InChI is InChI=1S/C14H18N2O3/c1-2-7-19-12-8-9(3-5-11(12)15)10-4-6-13(17)16-14(10)18/h3,5,8,10H,2,4,6-7,15H2,1H3,(H,16,17,18). The van der Waals surface area contributed by atoms with Gasteiger partial charge in [0.05, 0.1) is 18.2 Å². The zero-order chi connectivity index (χ0) is 13.8. The van der Waals surface area contributed by atoms with Gasteiger partial charge >= 0.3 is 0 Å². The number of carbonyl (C=O) groups excluding carboxylic acids is 2. The van der Waals surface area contributed by atoms with Gasteiger partial charge in [0.1, 0.15) is 5.75 Å². The van der Waals surface area contributed by atoms with Crippen LogP contribution in [-0.4, -0.2) is 18.4 Å². The van der Waals surface area contributed by atoms with Crippen LogP contribution >= 0.6 is 0 Å². The number of benzene rings is 1. The van der Waals surface area contributed by atoms with Crippen molar-refractivity contribution in [2.24, 2.45) is 0 Å². The number of nitrogens with one attached hydrogen (secondary N) is 1. The molecule has 1 saturated heterocycles. The second kappa shape index (κ2) is 5.73. The van der Waals surface area contributed by atoms with E-state index in [1.165, 1.54) is 0 Å². The predicted molar refractivity (Wildman–Crippen MR) is 71.8 cm³/mol. The minimum atomic E-state index is -0.303. The molecule has 0 radical (unpaired) electrons. The Hall–Kier alpha value is -2.04. The number of ether oxygens (including phenoxy) is 1. The van der Waals surface area contributed by atoms with E-state index in [0.29, 0.717) is 30.9 Å². The summed E-state index contributed by atoms with van der Waals surface area (Å²) in [7, 11) is 0. The molecular formula is C14H18N2O3. The summed E-state index contributed by atoms with van der Waals surface area (Å²) in [5.74, 6) is -0.159. The molecule has 1 aromatic carbocycles. The molecule has 1 aromatic rings. The molecule has 1 unspecified atom stereocenters. The van der Waals surface area contributed by atoms with Gasteiger partial charge in [0.15, 0.2) is 0 Å². The number of nitrogens with two attached hydrogens (primary N) is 1. The largest absolute Gasteiger partial charge is 0.491 e. The number of rotatable bonds is 4. The molecule has 1 aliphatic rings. The molecule has 1 aliphatic heterocycles. The maximum absolute atomic E-state index is 11.8. The monoisotopic (exact) mass is 262 g/mol. The average Bonchev–Trinajstić information content (AvgIpc) is 2.38. The molecule has 5 heteroatoms. The van der Waals surface area contributed by atoms with E-state index in [1.54, 1.807) is 12.1 Å². The molecule has 0 aliphatic carbocycles. The average molecular weight is 262 g/mol. The summed E-state index contributed by atoms with van der Waals surface area (Å²) in [6.45, 7) is 2.60. The summed E-state index contributed by atoms with van der Waals surface area (Å²) in [5.41, 5.74) is 7.23.